The van der Waals surface area contributed by atoms with Gasteiger partial charge in [0.25, 0.3) is 5.91 Å². The summed E-state index contributed by atoms with van der Waals surface area (Å²) in [5, 5.41) is 3.04. The zero-order chi connectivity index (χ0) is 13.8. The Hall–Kier alpha value is -1.06. The van der Waals surface area contributed by atoms with Gasteiger partial charge in [-0.25, -0.2) is 0 Å². The molecule has 1 aromatic rings. The number of benzene rings is 1. The molecule has 112 valence electrons. The number of rotatable bonds is 3. The van der Waals surface area contributed by atoms with Crippen LogP contribution in [0.4, 0.5) is 0 Å². The molecule has 1 saturated carbocycles. The maximum Gasteiger partial charge on any atom is 0.251 e. The molecule has 1 amide bonds. The van der Waals surface area contributed by atoms with Gasteiger partial charge in [-0.15, -0.1) is 12.4 Å². The van der Waals surface area contributed by atoms with Gasteiger partial charge in [-0.05, 0) is 62.3 Å². The number of hydrogen-bond donors (Lipinski definition) is 2. The highest BCUT2D eigenvalue weighted by Gasteiger charge is 2.19. The molecule has 2 atom stereocenters. The van der Waals surface area contributed by atoms with Crippen molar-refractivity contribution in [2.24, 2.45) is 11.7 Å². The van der Waals surface area contributed by atoms with Crippen molar-refractivity contribution in [3.05, 3.63) is 34.9 Å². The molecule has 1 aromatic carbocycles. The van der Waals surface area contributed by atoms with Gasteiger partial charge >= 0.3 is 0 Å². The topological polar surface area (TPSA) is 55.1 Å². The zero-order valence-corrected chi connectivity index (χ0v) is 13.1. The summed E-state index contributed by atoms with van der Waals surface area (Å²) >= 11 is 0. The summed E-state index contributed by atoms with van der Waals surface area (Å²) in [6.07, 6.45) is 4.53. The highest BCUT2D eigenvalue weighted by molar-refractivity contribution is 5.94. The second-order valence-corrected chi connectivity index (χ2v) is 5.80. The van der Waals surface area contributed by atoms with E-state index >= 15 is 0 Å². The van der Waals surface area contributed by atoms with Crippen molar-refractivity contribution in [2.75, 3.05) is 6.54 Å². The lowest BCUT2D eigenvalue weighted by atomic mass is 9.86. The Morgan fingerprint density at radius 3 is 2.70 bits per heavy atom. The lowest BCUT2D eigenvalue weighted by Crippen LogP contribution is -2.35. The molecule has 1 aliphatic carbocycles. The molecule has 0 aliphatic heterocycles. The predicted octanol–water partition coefficient (Wildman–Crippen LogP) is 2.97. The number of carbonyl (C=O) groups excluding carboxylic acids is 1. The van der Waals surface area contributed by atoms with Crippen LogP contribution in [0, 0.1) is 19.8 Å². The van der Waals surface area contributed by atoms with Gasteiger partial charge in [-0.3, -0.25) is 4.79 Å². The number of aryl methyl sites for hydroxylation is 2. The molecule has 3 nitrogen and oxygen atoms in total. The van der Waals surface area contributed by atoms with Gasteiger partial charge in [0.2, 0.25) is 0 Å². The predicted molar refractivity (Wildman–Crippen MR) is 85.4 cm³/mol. The van der Waals surface area contributed by atoms with Crippen molar-refractivity contribution < 1.29 is 4.79 Å². The van der Waals surface area contributed by atoms with E-state index in [1.807, 2.05) is 25.1 Å². The molecule has 1 fully saturated rings. The molecule has 0 bridgehead atoms. The maximum atomic E-state index is 12.1. The largest absolute Gasteiger partial charge is 0.352 e. The van der Waals surface area contributed by atoms with E-state index in [1.165, 1.54) is 18.4 Å². The number of halogens is 1. The Morgan fingerprint density at radius 2 is 2.05 bits per heavy atom. The van der Waals surface area contributed by atoms with Gasteiger partial charge in [-0.1, -0.05) is 12.5 Å². The standard InChI is InChI=1S/C16H24N2O.ClH/c1-11-6-7-14(8-12(11)2)16(19)18-10-13-4-3-5-15(17)9-13;/h6-8,13,15H,3-5,9-10,17H2,1-2H3,(H,18,19);1H. The summed E-state index contributed by atoms with van der Waals surface area (Å²) in [5.74, 6) is 0.571. The Kier molecular flexibility index (Phi) is 6.50. The normalized spacial score (nSPS) is 21.9. The first-order valence-corrected chi connectivity index (χ1v) is 7.17. The summed E-state index contributed by atoms with van der Waals surface area (Å²) in [6, 6.07) is 6.17. The molecular formula is C16H25ClN2O. The minimum absolute atomic E-state index is 0. The van der Waals surface area contributed by atoms with Crippen LogP contribution in [0.1, 0.15) is 47.2 Å². The van der Waals surface area contributed by atoms with Gasteiger partial charge in [-0.2, -0.15) is 0 Å². The lowest BCUT2D eigenvalue weighted by Gasteiger charge is -2.26. The summed E-state index contributed by atoms with van der Waals surface area (Å²) < 4.78 is 0. The van der Waals surface area contributed by atoms with Gasteiger partial charge in [0, 0.05) is 18.2 Å². The van der Waals surface area contributed by atoms with Crippen LogP contribution in [0.3, 0.4) is 0 Å². The van der Waals surface area contributed by atoms with E-state index in [4.69, 9.17) is 5.73 Å². The number of hydrogen-bond acceptors (Lipinski definition) is 2. The fourth-order valence-corrected chi connectivity index (χ4v) is 2.74. The van der Waals surface area contributed by atoms with Crippen molar-refractivity contribution in [1.82, 2.24) is 5.32 Å². The van der Waals surface area contributed by atoms with Crippen molar-refractivity contribution in [2.45, 2.75) is 45.6 Å². The third-order valence-electron chi connectivity index (χ3n) is 4.14. The number of amides is 1. The van der Waals surface area contributed by atoms with E-state index < -0.39 is 0 Å². The highest BCUT2D eigenvalue weighted by Crippen LogP contribution is 2.22. The van der Waals surface area contributed by atoms with Gasteiger partial charge < -0.3 is 11.1 Å². The second kappa shape index (κ2) is 7.65. The van der Waals surface area contributed by atoms with Crippen molar-refractivity contribution in [3.8, 4) is 0 Å². The van der Waals surface area contributed by atoms with Crippen LogP contribution in [0.5, 0.6) is 0 Å². The first-order chi connectivity index (χ1) is 9.06. The molecule has 0 radical (unpaired) electrons. The fraction of sp³-hybridized carbons (Fsp3) is 0.562. The van der Waals surface area contributed by atoms with Crippen LogP contribution in [0.2, 0.25) is 0 Å². The van der Waals surface area contributed by atoms with E-state index in [9.17, 15) is 4.79 Å². The summed E-state index contributed by atoms with van der Waals surface area (Å²) in [5.41, 5.74) is 9.10. The SMILES string of the molecule is Cc1ccc(C(=O)NCC2CCCC(N)C2)cc1C.Cl. The van der Waals surface area contributed by atoms with Crippen LogP contribution < -0.4 is 11.1 Å². The van der Waals surface area contributed by atoms with Crippen LogP contribution in [0.15, 0.2) is 18.2 Å². The zero-order valence-electron chi connectivity index (χ0n) is 12.3. The third kappa shape index (κ3) is 4.50. The maximum absolute atomic E-state index is 12.1. The van der Waals surface area contributed by atoms with Crippen LogP contribution >= 0.6 is 12.4 Å². The third-order valence-corrected chi connectivity index (χ3v) is 4.14. The Labute approximate surface area is 127 Å². The minimum Gasteiger partial charge on any atom is -0.352 e. The van der Waals surface area contributed by atoms with Crippen molar-refractivity contribution in [3.63, 3.8) is 0 Å². The molecule has 0 spiro atoms. The molecule has 0 aromatic heterocycles. The van der Waals surface area contributed by atoms with Crippen molar-refractivity contribution in [1.29, 1.82) is 0 Å². The van der Waals surface area contributed by atoms with E-state index in [2.05, 4.69) is 12.2 Å². The summed E-state index contributed by atoms with van der Waals surface area (Å²) in [7, 11) is 0. The Morgan fingerprint density at radius 1 is 1.30 bits per heavy atom. The Balaban J connectivity index is 0.00000200. The smallest absolute Gasteiger partial charge is 0.251 e. The van der Waals surface area contributed by atoms with Crippen LogP contribution in [0.25, 0.3) is 0 Å². The molecule has 3 N–H and O–H groups in total. The minimum atomic E-state index is 0. The molecule has 0 saturated heterocycles. The lowest BCUT2D eigenvalue weighted by molar-refractivity contribution is 0.0942. The van der Waals surface area contributed by atoms with Crippen LogP contribution in [-0.2, 0) is 0 Å². The number of nitrogens with one attached hydrogen (secondary N) is 1. The van der Waals surface area contributed by atoms with Crippen LogP contribution in [-0.4, -0.2) is 18.5 Å². The average Bonchev–Trinajstić information content (AvgIpc) is 2.39. The van der Waals surface area contributed by atoms with E-state index in [0.29, 0.717) is 12.0 Å². The monoisotopic (exact) mass is 296 g/mol. The first kappa shape index (κ1) is 17.0. The first-order valence-electron chi connectivity index (χ1n) is 7.17. The molecule has 2 rings (SSSR count). The molecule has 4 heteroatoms. The summed E-state index contributed by atoms with van der Waals surface area (Å²) in [4.78, 5) is 12.1. The van der Waals surface area contributed by atoms with E-state index in [1.54, 1.807) is 0 Å². The molecule has 20 heavy (non-hydrogen) atoms. The number of carbonyl (C=O) groups is 1. The average molecular weight is 297 g/mol. The molecule has 1 aliphatic rings. The quantitative estimate of drug-likeness (QED) is 0.901. The second-order valence-electron chi connectivity index (χ2n) is 5.80. The van der Waals surface area contributed by atoms with Crippen molar-refractivity contribution >= 4 is 18.3 Å². The van der Waals surface area contributed by atoms with Gasteiger partial charge in [0.15, 0.2) is 0 Å². The Bertz CT molecular complexity index is 462. The fourth-order valence-electron chi connectivity index (χ4n) is 2.74. The molecule has 0 heterocycles. The van der Waals surface area contributed by atoms with Gasteiger partial charge in [0.05, 0.1) is 0 Å². The highest BCUT2D eigenvalue weighted by atomic mass is 35.5. The summed E-state index contributed by atoms with van der Waals surface area (Å²) in [6.45, 7) is 4.84. The van der Waals surface area contributed by atoms with E-state index in [0.717, 1.165) is 30.5 Å². The van der Waals surface area contributed by atoms with E-state index in [-0.39, 0.29) is 18.3 Å². The van der Waals surface area contributed by atoms with Gasteiger partial charge in [0.1, 0.15) is 0 Å². The number of nitrogens with two attached hydrogens (primary N) is 1. The molecular weight excluding hydrogens is 272 g/mol. The molecule has 2 unspecified atom stereocenters.